The van der Waals surface area contributed by atoms with Gasteiger partial charge in [0.05, 0.1) is 19.8 Å². The number of allylic oxidation sites excluding steroid dienone is 2. The molecule has 0 heterocycles. The number of phosphoric ester groups is 1. The van der Waals surface area contributed by atoms with Crippen molar-refractivity contribution >= 4 is 13.8 Å². The van der Waals surface area contributed by atoms with Gasteiger partial charge >= 0.3 is 13.8 Å². The van der Waals surface area contributed by atoms with Crippen molar-refractivity contribution in [3.05, 3.63) is 12.2 Å². The molecule has 0 aromatic carbocycles. The summed E-state index contributed by atoms with van der Waals surface area (Å²) in [7, 11) is -4.28. The van der Waals surface area contributed by atoms with Gasteiger partial charge in [0.1, 0.15) is 6.10 Å². The van der Waals surface area contributed by atoms with Crippen molar-refractivity contribution in [2.45, 2.75) is 302 Å². The molecule has 0 spiro atoms. The first-order chi connectivity index (χ1) is 31.4. The Balaban J connectivity index is 3.84. The molecule has 0 saturated heterocycles. The van der Waals surface area contributed by atoms with Gasteiger partial charge in [0, 0.05) is 19.6 Å². The Labute approximate surface area is 398 Å². The van der Waals surface area contributed by atoms with E-state index in [9.17, 15) is 14.3 Å². The van der Waals surface area contributed by atoms with E-state index in [0.717, 1.165) is 32.1 Å². The van der Waals surface area contributed by atoms with Gasteiger partial charge in [0.2, 0.25) is 0 Å². The second-order valence-corrected chi connectivity index (χ2v) is 20.6. The second-order valence-electron chi connectivity index (χ2n) is 19.2. The summed E-state index contributed by atoms with van der Waals surface area (Å²) in [4.78, 5) is 22.6. The summed E-state index contributed by atoms with van der Waals surface area (Å²) in [5.41, 5.74) is 5.40. The molecule has 0 aliphatic carbocycles. The zero-order valence-electron chi connectivity index (χ0n) is 42.8. The highest BCUT2D eigenvalue weighted by Gasteiger charge is 2.25. The number of hydrogen-bond acceptors (Lipinski definition) is 7. The SMILES string of the molecule is CCCCCCCCCC/C=C\CCCCCCCCCCCC(=O)OC(COCCCCCCCCCCCCCCCCCCCCCCCCCC)COP(=O)(O)OCCN. The molecular weight excluding hydrogens is 818 g/mol. The Kier molecular flexibility index (Phi) is 52.6. The van der Waals surface area contributed by atoms with Crippen molar-refractivity contribution in [1.82, 2.24) is 0 Å². The zero-order valence-corrected chi connectivity index (χ0v) is 43.7. The maximum atomic E-state index is 12.7. The predicted octanol–water partition coefficient (Wildman–Crippen LogP) is 17.8. The average molecular weight is 928 g/mol. The summed E-state index contributed by atoms with van der Waals surface area (Å²) in [6, 6.07) is 0. The Morgan fingerprint density at radius 3 is 1.14 bits per heavy atom. The fourth-order valence-corrected chi connectivity index (χ4v) is 9.29. The number of unbranched alkanes of at least 4 members (excludes halogenated alkanes) is 40. The maximum Gasteiger partial charge on any atom is 0.472 e. The highest BCUT2D eigenvalue weighted by atomic mass is 31.2. The highest BCUT2D eigenvalue weighted by molar-refractivity contribution is 7.47. The van der Waals surface area contributed by atoms with Gasteiger partial charge in [0.15, 0.2) is 0 Å². The molecule has 0 bridgehead atoms. The number of esters is 1. The van der Waals surface area contributed by atoms with Gasteiger partial charge in [0.25, 0.3) is 0 Å². The largest absolute Gasteiger partial charge is 0.472 e. The average Bonchev–Trinajstić information content (AvgIpc) is 3.29. The highest BCUT2D eigenvalue weighted by Crippen LogP contribution is 2.43. The summed E-state index contributed by atoms with van der Waals surface area (Å²) in [6.45, 7) is 5.00. The number of carbonyl (C=O) groups is 1. The molecule has 0 aliphatic heterocycles. The molecule has 0 rings (SSSR count). The predicted molar refractivity (Wildman–Crippen MR) is 275 cm³/mol. The summed E-state index contributed by atoms with van der Waals surface area (Å²) in [5, 5.41) is 0. The number of nitrogens with two attached hydrogens (primary N) is 1. The van der Waals surface area contributed by atoms with Crippen molar-refractivity contribution in [1.29, 1.82) is 0 Å². The van der Waals surface area contributed by atoms with Gasteiger partial charge < -0.3 is 20.1 Å². The Morgan fingerprint density at radius 2 is 0.781 bits per heavy atom. The number of ether oxygens (including phenoxy) is 2. The number of carbonyl (C=O) groups excluding carboxylic acids is 1. The maximum absolute atomic E-state index is 12.7. The van der Waals surface area contributed by atoms with Crippen LogP contribution in [0.15, 0.2) is 12.2 Å². The summed E-state index contributed by atoms with van der Waals surface area (Å²) < 4.78 is 33.7. The molecule has 3 N–H and O–H groups in total. The second kappa shape index (κ2) is 53.2. The first kappa shape index (κ1) is 63.2. The van der Waals surface area contributed by atoms with Gasteiger partial charge in [-0.2, -0.15) is 0 Å². The molecule has 2 unspecified atom stereocenters. The quantitative estimate of drug-likeness (QED) is 0.0268. The van der Waals surface area contributed by atoms with Crippen molar-refractivity contribution in [2.75, 3.05) is 33.0 Å². The van der Waals surface area contributed by atoms with Crippen molar-refractivity contribution in [3.63, 3.8) is 0 Å². The van der Waals surface area contributed by atoms with E-state index in [0.29, 0.717) is 13.0 Å². The minimum absolute atomic E-state index is 0.0919. The van der Waals surface area contributed by atoms with E-state index in [1.165, 1.54) is 244 Å². The van der Waals surface area contributed by atoms with Crippen LogP contribution in [0.3, 0.4) is 0 Å². The van der Waals surface area contributed by atoms with E-state index >= 15 is 0 Å². The molecule has 0 aromatic heterocycles. The lowest BCUT2D eigenvalue weighted by Gasteiger charge is -2.20. The third-order valence-electron chi connectivity index (χ3n) is 12.7. The molecule has 9 heteroatoms. The van der Waals surface area contributed by atoms with Crippen molar-refractivity contribution in [2.24, 2.45) is 5.73 Å². The van der Waals surface area contributed by atoms with E-state index in [2.05, 4.69) is 26.0 Å². The van der Waals surface area contributed by atoms with E-state index in [4.69, 9.17) is 24.3 Å². The van der Waals surface area contributed by atoms with E-state index in [-0.39, 0.29) is 32.3 Å². The normalized spacial score (nSPS) is 13.2. The van der Waals surface area contributed by atoms with Crippen LogP contribution >= 0.6 is 7.82 Å². The van der Waals surface area contributed by atoms with Crippen LogP contribution in [0, 0.1) is 0 Å². The van der Waals surface area contributed by atoms with Gasteiger partial charge in [-0.05, 0) is 38.5 Å². The van der Waals surface area contributed by atoms with Crippen molar-refractivity contribution < 1.29 is 32.8 Å². The van der Waals surface area contributed by atoms with Gasteiger partial charge in [-0.15, -0.1) is 0 Å². The number of rotatable bonds is 55. The molecule has 0 saturated carbocycles. The summed E-state index contributed by atoms with van der Waals surface area (Å²) in [5.74, 6) is -0.325. The molecule has 64 heavy (non-hydrogen) atoms. The molecule has 382 valence electrons. The summed E-state index contributed by atoms with van der Waals surface area (Å²) >= 11 is 0. The molecule has 0 aliphatic rings. The van der Waals surface area contributed by atoms with Crippen LogP contribution in [0.1, 0.15) is 296 Å². The van der Waals surface area contributed by atoms with Gasteiger partial charge in [-0.3, -0.25) is 13.8 Å². The molecule has 2 atom stereocenters. The lowest BCUT2D eigenvalue weighted by Crippen LogP contribution is -2.28. The molecule has 0 amide bonds. The lowest BCUT2D eigenvalue weighted by molar-refractivity contribution is -0.154. The Bertz CT molecular complexity index is 997. The lowest BCUT2D eigenvalue weighted by atomic mass is 10.0. The fourth-order valence-electron chi connectivity index (χ4n) is 8.53. The molecule has 8 nitrogen and oxygen atoms in total. The van der Waals surface area contributed by atoms with Crippen LogP contribution in [-0.2, 0) is 27.9 Å². The molecule has 0 fully saturated rings. The minimum atomic E-state index is -4.28. The minimum Gasteiger partial charge on any atom is -0.457 e. The van der Waals surface area contributed by atoms with E-state index in [1.807, 2.05) is 0 Å². The van der Waals surface area contributed by atoms with Gasteiger partial charge in [-0.1, -0.05) is 264 Å². The third-order valence-corrected chi connectivity index (χ3v) is 13.7. The Morgan fingerprint density at radius 1 is 0.453 bits per heavy atom. The standard InChI is InChI=1S/C55H110NO7P/c1-3-5-7-9-11-13-15-17-19-21-23-25-26-27-29-31-33-35-37-39-41-43-45-47-50-60-52-54(53-62-64(58,59)61-51-49-56)63-55(57)48-46-44-42-40-38-36-34-32-30-28-24-22-20-18-16-14-12-10-8-6-4-2/h22,24,54H,3-21,23,25-53,56H2,1-2H3,(H,58,59)/b24-22-. The monoisotopic (exact) mass is 928 g/mol. The third kappa shape index (κ3) is 52.2. The van der Waals surface area contributed by atoms with Crippen molar-refractivity contribution in [3.8, 4) is 0 Å². The molecule has 0 aromatic rings. The van der Waals surface area contributed by atoms with Crippen LogP contribution < -0.4 is 5.73 Å². The molecular formula is C55H110NO7P. The smallest absolute Gasteiger partial charge is 0.457 e. The van der Waals surface area contributed by atoms with E-state index in [1.54, 1.807) is 0 Å². The first-order valence-electron chi connectivity index (χ1n) is 28.2. The van der Waals surface area contributed by atoms with Crippen LogP contribution in [0.5, 0.6) is 0 Å². The summed E-state index contributed by atoms with van der Waals surface area (Å²) in [6.07, 6.45) is 61.2. The van der Waals surface area contributed by atoms with Crippen LogP contribution in [0.4, 0.5) is 0 Å². The van der Waals surface area contributed by atoms with E-state index < -0.39 is 13.9 Å². The number of hydrogen-bond donors (Lipinski definition) is 2. The van der Waals surface area contributed by atoms with Crippen LogP contribution in [0.25, 0.3) is 0 Å². The fraction of sp³-hybridized carbons (Fsp3) is 0.945. The van der Waals surface area contributed by atoms with Crippen LogP contribution in [-0.4, -0.2) is 49.9 Å². The Hall–Kier alpha value is -0.760. The first-order valence-corrected chi connectivity index (χ1v) is 29.7. The molecule has 0 radical (unpaired) electrons. The zero-order chi connectivity index (χ0) is 46.5. The van der Waals surface area contributed by atoms with Crippen LogP contribution in [0.2, 0.25) is 0 Å². The topological polar surface area (TPSA) is 117 Å². The number of phosphoric acid groups is 1. The van der Waals surface area contributed by atoms with Gasteiger partial charge in [-0.25, -0.2) is 4.57 Å².